The number of esters is 1. The molecule has 116 valence electrons. The molecule has 0 aliphatic carbocycles. The van der Waals surface area contributed by atoms with E-state index in [-0.39, 0.29) is 5.91 Å². The Balaban J connectivity index is 2.49. The number of nitrogen functional groups attached to an aromatic ring is 1. The fourth-order valence-corrected chi connectivity index (χ4v) is 1.62. The minimum atomic E-state index is -0.859. The van der Waals surface area contributed by atoms with Crippen LogP contribution in [0.4, 0.5) is 5.69 Å². The fraction of sp³-hybridized carbons (Fsp3) is 0.467. The van der Waals surface area contributed by atoms with E-state index >= 15 is 0 Å². The molecule has 0 aliphatic rings. The van der Waals surface area contributed by atoms with E-state index in [9.17, 15) is 9.59 Å². The number of benzene rings is 1. The molecular formula is C15H22N2O4. The minimum Gasteiger partial charge on any atom is -0.449 e. The molecule has 0 saturated carbocycles. The van der Waals surface area contributed by atoms with Crippen molar-refractivity contribution >= 4 is 17.6 Å². The molecule has 0 aromatic heterocycles. The van der Waals surface area contributed by atoms with Gasteiger partial charge in [0.1, 0.15) is 0 Å². The summed E-state index contributed by atoms with van der Waals surface area (Å²) in [5, 5.41) is 2.67. The van der Waals surface area contributed by atoms with Gasteiger partial charge in [0.15, 0.2) is 6.10 Å². The summed E-state index contributed by atoms with van der Waals surface area (Å²) in [5.74, 6) is -0.902. The van der Waals surface area contributed by atoms with Gasteiger partial charge in [-0.05, 0) is 38.0 Å². The normalized spacial score (nSPS) is 11.8. The zero-order valence-electron chi connectivity index (χ0n) is 12.6. The van der Waals surface area contributed by atoms with Crippen molar-refractivity contribution in [2.45, 2.75) is 26.4 Å². The molecule has 1 atom stereocenters. The van der Waals surface area contributed by atoms with Gasteiger partial charge in [-0.25, -0.2) is 4.79 Å². The van der Waals surface area contributed by atoms with Gasteiger partial charge in [0.2, 0.25) is 0 Å². The molecule has 1 aromatic rings. The van der Waals surface area contributed by atoms with Crippen molar-refractivity contribution in [1.29, 1.82) is 0 Å². The van der Waals surface area contributed by atoms with E-state index in [0.29, 0.717) is 30.8 Å². The van der Waals surface area contributed by atoms with Crippen LogP contribution < -0.4 is 11.1 Å². The van der Waals surface area contributed by atoms with Gasteiger partial charge in [-0.15, -0.1) is 0 Å². The number of aryl methyl sites for hydroxylation is 1. The third-order valence-electron chi connectivity index (χ3n) is 2.99. The van der Waals surface area contributed by atoms with Gasteiger partial charge in [0, 0.05) is 25.9 Å². The maximum atomic E-state index is 11.9. The summed E-state index contributed by atoms with van der Waals surface area (Å²) >= 11 is 0. The van der Waals surface area contributed by atoms with Crippen LogP contribution in [0.5, 0.6) is 0 Å². The summed E-state index contributed by atoms with van der Waals surface area (Å²) in [6.45, 7) is 4.42. The van der Waals surface area contributed by atoms with Crippen LogP contribution in [0.25, 0.3) is 0 Å². The van der Waals surface area contributed by atoms with Crippen LogP contribution in [0.1, 0.15) is 29.3 Å². The maximum absolute atomic E-state index is 11.9. The van der Waals surface area contributed by atoms with E-state index in [2.05, 4.69) is 5.32 Å². The van der Waals surface area contributed by atoms with E-state index in [4.69, 9.17) is 15.2 Å². The highest BCUT2D eigenvalue weighted by atomic mass is 16.5. The Hall–Kier alpha value is -2.08. The number of rotatable bonds is 7. The van der Waals surface area contributed by atoms with E-state index in [1.807, 2.05) is 6.92 Å². The predicted octanol–water partition coefficient (Wildman–Crippen LogP) is 1.28. The molecule has 0 bridgehead atoms. The number of hydrogen-bond donors (Lipinski definition) is 2. The van der Waals surface area contributed by atoms with Crippen molar-refractivity contribution in [3.8, 4) is 0 Å². The van der Waals surface area contributed by atoms with Gasteiger partial charge in [0.05, 0.1) is 5.56 Å². The number of nitrogens with one attached hydrogen (secondary N) is 1. The summed E-state index contributed by atoms with van der Waals surface area (Å²) in [6.07, 6.45) is -0.153. The molecule has 6 heteroatoms. The van der Waals surface area contributed by atoms with Crippen molar-refractivity contribution in [3.63, 3.8) is 0 Å². The van der Waals surface area contributed by atoms with Crippen molar-refractivity contribution in [1.82, 2.24) is 5.32 Å². The molecule has 1 aromatic carbocycles. The van der Waals surface area contributed by atoms with Crippen LogP contribution in [0.2, 0.25) is 0 Å². The zero-order valence-corrected chi connectivity index (χ0v) is 12.6. The lowest BCUT2D eigenvalue weighted by atomic mass is 10.1. The molecule has 0 fully saturated rings. The van der Waals surface area contributed by atoms with Crippen LogP contribution >= 0.6 is 0 Å². The number of carbonyl (C=O) groups excluding carboxylic acids is 2. The van der Waals surface area contributed by atoms with E-state index in [1.165, 1.54) is 6.92 Å². The molecule has 0 aliphatic heterocycles. The first-order valence-electron chi connectivity index (χ1n) is 6.79. The van der Waals surface area contributed by atoms with E-state index in [0.717, 1.165) is 5.56 Å². The van der Waals surface area contributed by atoms with Gasteiger partial charge in [-0.1, -0.05) is 6.07 Å². The number of anilines is 1. The van der Waals surface area contributed by atoms with Crippen LogP contribution in [-0.2, 0) is 14.3 Å². The molecule has 0 saturated heterocycles. The lowest BCUT2D eigenvalue weighted by Gasteiger charge is -2.14. The summed E-state index contributed by atoms with van der Waals surface area (Å²) in [7, 11) is 1.60. The molecule has 1 unspecified atom stereocenters. The second-order valence-corrected chi connectivity index (χ2v) is 4.76. The van der Waals surface area contributed by atoms with Crippen LogP contribution in [0.3, 0.4) is 0 Å². The number of methoxy groups -OCH3 is 1. The predicted molar refractivity (Wildman–Crippen MR) is 80.0 cm³/mol. The Bertz CT molecular complexity index is 502. The Morgan fingerprint density at radius 3 is 2.71 bits per heavy atom. The maximum Gasteiger partial charge on any atom is 0.338 e. The summed E-state index contributed by atoms with van der Waals surface area (Å²) < 4.78 is 9.99. The Morgan fingerprint density at radius 2 is 2.10 bits per heavy atom. The molecule has 0 heterocycles. The quantitative estimate of drug-likeness (QED) is 0.449. The fourth-order valence-electron chi connectivity index (χ4n) is 1.62. The molecule has 0 spiro atoms. The second-order valence-electron chi connectivity index (χ2n) is 4.76. The molecule has 6 nitrogen and oxygen atoms in total. The Morgan fingerprint density at radius 1 is 1.38 bits per heavy atom. The number of hydrogen-bond acceptors (Lipinski definition) is 5. The van der Waals surface area contributed by atoms with E-state index in [1.54, 1.807) is 25.3 Å². The molecule has 0 radical (unpaired) electrons. The molecule has 1 amide bonds. The van der Waals surface area contributed by atoms with Crippen molar-refractivity contribution in [2.75, 3.05) is 26.0 Å². The summed E-state index contributed by atoms with van der Waals surface area (Å²) in [4.78, 5) is 23.7. The highest BCUT2D eigenvalue weighted by molar-refractivity contribution is 5.93. The number of amides is 1. The highest BCUT2D eigenvalue weighted by Gasteiger charge is 2.18. The SMILES string of the molecule is COCCCNC(=O)C(C)OC(=O)c1ccc(C)c(N)c1. The lowest BCUT2D eigenvalue weighted by Crippen LogP contribution is -2.36. The summed E-state index contributed by atoms with van der Waals surface area (Å²) in [5.41, 5.74) is 7.47. The lowest BCUT2D eigenvalue weighted by molar-refractivity contribution is -0.129. The van der Waals surface area contributed by atoms with Gasteiger partial charge in [-0.3, -0.25) is 4.79 Å². The molecule has 21 heavy (non-hydrogen) atoms. The third-order valence-corrected chi connectivity index (χ3v) is 2.99. The first-order chi connectivity index (χ1) is 9.95. The van der Waals surface area contributed by atoms with Crippen molar-refractivity contribution in [2.24, 2.45) is 0 Å². The van der Waals surface area contributed by atoms with Crippen molar-refractivity contribution < 1.29 is 19.1 Å². The van der Waals surface area contributed by atoms with Gasteiger partial charge >= 0.3 is 5.97 Å². The molecule has 1 rings (SSSR count). The first kappa shape index (κ1) is 17.0. The number of ether oxygens (including phenoxy) is 2. The largest absolute Gasteiger partial charge is 0.449 e. The second kappa shape index (κ2) is 8.26. The van der Waals surface area contributed by atoms with Gasteiger partial charge in [0.25, 0.3) is 5.91 Å². The number of carbonyl (C=O) groups is 2. The zero-order chi connectivity index (χ0) is 15.8. The third kappa shape index (κ3) is 5.43. The smallest absolute Gasteiger partial charge is 0.338 e. The first-order valence-corrected chi connectivity index (χ1v) is 6.79. The average molecular weight is 294 g/mol. The molecule has 3 N–H and O–H groups in total. The number of nitrogens with two attached hydrogens (primary N) is 1. The monoisotopic (exact) mass is 294 g/mol. The summed E-state index contributed by atoms with van der Waals surface area (Å²) in [6, 6.07) is 4.90. The minimum absolute atomic E-state index is 0.331. The van der Waals surface area contributed by atoms with Gasteiger partial charge in [-0.2, -0.15) is 0 Å². The Kier molecular flexibility index (Phi) is 6.68. The standard InChI is InChI=1S/C15H22N2O4/c1-10-5-6-12(9-13(10)16)15(19)21-11(2)14(18)17-7-4-8-20-3/h5-6,9,11H,4,7-8,16H2,1-3H3,(H,17,18). The van der Waals surface area contributed by atoms with Crippen LogP contribution in [-0.4, -0.2) is 38.2 Å². The van der Waals surface area contributed by atoms with Crippen LogP contribution in [0.15, 0.2) is 18.2 Å². The average Bonchev–Trinajstić information content (AvgIpc) is 2.46. The van der Waals surface area contributed by atoms with Crippen molar-refractivity contribution in [3.05, 3.63) is 29.3 Å². The Labute approximate surface area is 124 Å². The topological polar surface area (TPSA) is 90.6 Å². The van der Waals surface area contributed by atoms with Crippen LogP contribution in [0, 0.1) is 6.92 Å². The van der Waals surface area contributed by atoms with E-state index < -0.39 is 12.1 Å². The van der Waals surface area contributed by atoms with Gasteiger partial charge < -0.3 is 20.5 Å². The highest BCUT2D eigenvalue weighted by Crippen LogP contribution is 2.14. The molecular weight excluding hydrogens is 272 g/mol.